The van der Waals surface area contributed by atoms with Crippen LogP contribution in [0.2, 0.25) is 0 Å². The number of benzene rings is 1. The Morgan fingerprint density at radius 3 is 2.11 bits per heavy atom. The van der Waals surface area contributed by atoms with Gasteiger partial charge in [-0.1, -0.05) is 51.1 Å². The Bertz CT molecular complexity index is 299. The van der Waals surface area contributed by atoms with Crippen molar-refractivity contribution in [1.82, 2.24) is 4.90 Å². The Balaban J connectivity index is 0.000000771. The first-order valence-corrected chi connectivity index (χ1v) is 7.50. The molecule has 0 N–H and O–H groups in total. The van der Waals surface area contributed by atoms with Gasteiger partial charge in [0.1, 0.15) is 0 Å². The van der Waals surface area contributed by atoms with E-state index >= 15 is 0 Å². The monoisotopic (exact) mass is 247 g/mol. The van der Waals surface area contributed by atoms with Gasteiger partial charge in [-0.25, -0.2) is 0 Å². The van der Waals surface area contributed by atoms with Crippen LogP contribution in [0.3, 0.4) is 0 Å². The lowest BCUT2D eigenvalue weighted by Gasteiger charge is -2.33. The van der Waals surface area contributed by atoms with E-state index in [1.54, 1.807) is 0 Å². The van der Waals surface area contributed by atoms with E-state index in [1.165, 1.54) is 31.2 Å². The first kappa shape index (κ1) is 15.2. The lowest BCUT2D eigenvalue weighted by Crippen LogP contribution is -2.34. The second kappa shape index (κ2) is 8.31. The fraction of sp³-hybridized carbons (Fsp3) is 0.647. The van der Waals surface area contributed by atoms with Crippen molar-refractivity contribution >= 4 is 0 Å². The summed E-state index contributed by atoms with van der Waals surface area (Å²) in [6.45, 7) is 7.48. The Morgan fingerprint density at radius 2 is 1.56 bits per heavy atom. The summed E-state index contributed by atoms with van der Waals surface area (Å²) in [5.41, 5.74) is 1.43. The first-order valence-electron chi connectivity index (χ1n) is 7.50. The van der Waals surface area contributed by atoms with Crippen molar-refractivity contribution in [3.8, 4) is 0 Å². The minimum absolute atomic E-state index is 0.802. The van der Waals surface area contributed by atoms with Gasteiger partial charge in [-0.15, -0.1) is 0 Å². The lowest BCUT2D eigenvalue weighted by molar-refractivity contribution is 0.164. The molecule has 18 heavy (non-hydrogen) atoms. The SMILES string of the molecule is CC.CC1CCC(N(C)Cc2ccccc2)CC1. The number of hydrogen-bond donors (Lipinski definition) is 0. The van der Waals surface area contributed by atoms with Crippen molar-refractivity contribution in [2.75, 3.05) is 7.05 Å². The summed E-state index contributed by atoms with van der Waals surface area (Å²) in [6.07, 6.45) is 5.57. The van der Waals surface area contributed by atoms with Crippen LogP contribution in [0.4, 0.5) is 0 Å². The van der Waals surface area contributed by atoms with E-state index in [4.69, 9.17) is 0 Å². The molecule has 0 heterocycles. The molecule has 1 fully saturated rings. The summed E-state index contributed by atoms with van der Waals surface area (Å²) in [5, 5.41) is 0. The molecule has 2 rings (SSSR count). The van der Waals surface area contributed by atoms with Crippen LogP contribution < -0.4 is 0 Å². The molecule has 0 spiro atoms. The van der Waals surface area contributed by atoms with Gasteiger partial charge in [0.05, 0.1) is 0 Å². The van der Waals surface area contributed by atoms with Gasteiger partial charge in [-0.05, 0) is 44.2 Å². The molecular formula is C17H29N. The van der Waals surface area contributed by atoms with Gasteiger partial charge in [0.15, 0.2) is 0 Å². The van der Waals surface area contributed by atoms with Crippen LogP contribution in [-0.4, -0.2) is 18.0 Å². The third-order valence-electron chi connectivity index (χ3n) is 3.88. The van der Waals surface area contributed by atoms with E-state index in [0.29, 0.717) is 0 Å². The molecule has 0 bridgehead atoms. The molecule has 102 valence electrons. The molecule has 0 amide bonds. The molecule has 1 heteroatoms. The Hall–Kier alpha value is -0.820. The molecule has 0 saturated heterocycles. The highest BCUT2D eigenvalue weighted by molar-refractivity contribution is 5.14. The topological polar surface area (TPSA) is 3.24 Å². The van der Waals surface area contributed by atoms with Crippen LogP contribution in [0.15, 0.2) is 30.3 Å². The van der Waals surface area contributed by atoms with Gasteiger partial charge in [0, 0.05) is 12.6 Å². The van der Waals surface area contributed by atoms with Crippen LogP contribution in [0.5, 0.6) is 0 Å². The summed E-state index contributed by atoms with van der Waals surface area (Å²) in [5.74, 6) is 0.946. The zero-order valence-electron chi connectivity index (χ0n) is 12.5. The van der Waals surface area contributed by atoms with E-state index in [1.807, 2.05) is 13.8 Å². The summed E-state index contributed by atoms with van der Waals surface area (Å²) in [7, 11) is 2.27. The summed E-state index contributed by atoms with van der Waals surface area (Å²) in [6, 6.07) is 11.6. The Morgan fingerprint density at radius 1 is 1.00 bits per heavy atom. The van der Waals surface area contributed by atoms with Crippen molar-refractivity contribution in [2.45, 2.75) is 59.0 Å². The number of rotatable bonds is 3. The van der Waals surface area contributed by atoms with Crippen LogP contribution >= 0.6 is 0 Å². The van der Waals surface area contributed by atoms with Gasteiger partial charge < -0.3 is 0 Å². The predicted octanol–water partition coefficient (Wildman–Crippen LogP) is 4.72. The minimum Gasteiger partial charge on any atom is -0.299 e. The maximum atomic E-state index is 2.53. The van der Waals surface area contributed by atoms with Gasteiger partial charge in [0.2, 0.25) is 0 Å². The van der Waals surface area contributed by atoms with Gasteiger partial charge >= 0.3 is 0 Å². The summed E-state index contributed by atoms with van der Waals surface area (Å²) >= 11 is 0. The van der Waals surface area contributed by atoms with E-state index in [9.17, 15) is 0 Å². The minimum atomic E-state index is 0.802. The second-order valence-electron chi connectivity index (χ2n) is 5.31. The van der Waals surface area contributed by atoms with Crippen LogP contribution in [-0.2, 0) is 6.54 Å². The van der Waals surface area contributed by atoms with E-state index in [0.717, 1.165) is 18.5 Å². The van der Waals surface area contributed by atoms with Crippen molar-refractivity contribution < 1.29 is 0 Å². The molecule has 0 aromatic heterocycles. The second-order valence-corrected chi connectivity index (χ2v) is 5.31. The maximum absolute atomic E-state index is 2.53. The van der Waals surface area contributed by atoms with E-state index < -0.39 is 0 Å². The third kappa shape index (κ3) is 4.81. The first-order chi connectivity index (χ1) is 8.75. The van der Waals surface area contributed by atoms with Gasteiger partial charge in [-0.3, -0.25) is 4.90 Å². The highest BCUT2D eigenvalue weighted by atomic mass is 15.1. The zero-order chi connectivity index (χ0) is 13.4. The highest BCUT2D eigenvalue weighted by Gasteiger charge is 2.21. The molecule has 1 saturated carbocycles. The summed E-state index contributed by atoms with van der Waals surface area (Å²) in [4.78, 5) is 2.53. The Labute approximate surface area is 113 Å². The Kier molecular flexibility index (Phi) is 7.04. The molecular weight excluding hydrogens is 218 g/mol. The van der Waals surface area contributed by atoms with Crippen molar-refractivity contribution in [2.24, 2.45) is 5.92 Å². The van der Waals surface area contributed by atoms with E-state index in [-0.39, 0.29) is 0 Å². The number of nitrogens with zero attached hydrogens (tertiary/aromatic N) is 1. The fourth-order valence-corrected chi connectivity index (χ4v) is 2.68. The molecule has 1 aromatic rings. The molecule has 0 atom stereocenters. The zero-order valence-corrected chi connectivity index (χ0v) is 12.5. The molecule has 1 aromatic carbocycles. The molecule has 0 aliphatic heterocycles. The van der Waals surface area contributed by atoms with Crippen molar-refractivity contribution in [3.63, 3.8) is 0 Å². The largest absolute Gasteiger partial charge is 0.299 e. The number of hydrogen-bond acceptors (Lipinski definition) is 1. The lowest BCUT2D eigenvalue weighted by atomic mass is 9.86. The highest BCUT2D eigenvalue weighted by Crippen LogP contribution is 2.27. The summed E-state index contributed by atoms with van der Waals surface area (Å²) < 4.78 is 0. The normalized spacial score (nSPS) is 23.4. The molecule has 1 nitrogen and oxygen atoms in total. The third-order valence-corrected chi connectivity index (χ3v) is 3.88. The fourth-order valence-electron chi connectivity index (χ4n) is 2.68. The van der Waals surface area contributed by atoms with Crippen LogP contribution in [0.1, 0.15) is 52.0 Å². The average molecular weight is 247 g/mol. The van der Waals surface area contributed by atoms with Gasteiger partial charge in [0.25, 0.3) is 0 Å². The van der Waals surface area contributed by atoms with Crippen molar-refractivity contribution in [1.29, 1.82) is 0 Å². The van der Waals surface area contributed by atoms with Crippen LogP contribution in [0, 0.1) is 5.92 Å². The molecule has 1 aliphatic carbocycles. The average Bonchev–Trinajstić information content (AvgIpc) is 2.43. The van der Waals surface area contributed by atoms with Gasteiger partial charge in [-0.2, -0.15) is 0 Å². The molecule has 1 aliphatic rings. The predicted molar refractivity (Wildman–Crippen MR) is 80.7 cm³/mol. The van der Waals surface area contributed by atoms with E-state index in [2.05, 4.69) is 49.2 Å². The molecule has 0 radical (unpaired) electrons. The van der Waals surface area contributed by atoms with Crippen molar-refractivity contribution in [3.05, 3.63) is 35.9 Å². The maximum Gasteiger partial charge on any atom is 0.0233 e. The standard InChI is InChI=1S/C15H23N.C2H6/c1-13-8-10-15(11-9-13)16(2)12-14-6-4-3-5-7-14;1-2/h3-7,13,15H,8-12H2,1-2H3;1-2H3. The van der Waals surface area contributed by atoms with Crippen LogP contribution in [0.25, 0.3) is 0 Å². The molecule has 0 unspecified atom stereocenters. The smallest absolute Gasteiger partial charge is 0.0233 e. The quantitative estimate of drug-likeness (QED) is 0.747.